The number of hydrogen-bond donors (Lipinski definition) is 1. The van der Waals surface area contributed by atoms with Crippen LogP contribution < -0.4 is 5.32 Å². The van der Waals surface area contributed by atoms with E-state index in [-0.39, 0.29) is 0 Å². The summed E-state index contributed by atoms with van der Waals surface area (Å²) in [5, 5.41) is 3.39. The number of rotatable bonds is 7. The van der Waals surface area contributed by atoms with Crippen molar-refractivity contribution in [1.29, 1.82) is 0 Å². The van der Waals surface area contributed by atoms with Gasteiger partial charge in [-0.2, -0.15) is 0 Å². The predicted molar refractivity (Wildman–Crippen MR) is 60.5 cm³/mol. The van der Waals surface area contributed by atoms with Crippen LogP contribution in [0.2, 0.25) is 0 Å². The number of unbranched alkanes of at least 4 members (excludes halogenated alkanes) is 2. The second-order valence-electron chi connectivity index (χ2n) is 3.28. The maximum absolute atomic E-state index is 5.58. The molecule has 0 bridgehead atoms. The molecule has 0 fully saturated rings. The van der Waals surface area contributed by atoms with Gasteiger partial charge in [0.1, 0.15) is 0 Å². The summed E-state index contributed by atoms with van der Waals surface area (Å²) >= 11 is 5.58. The van der Waals surface area contributed by atoms with Crippen LogP contribution in [-0.2, 0) is 6.54 Å². The molecule has 0 aliphatic rings. The molecule has 0 aliphatic carbocycles. The predicted octanol–water partition coefficient (Wildman–Crippen LogP) is 2.58. The number of alkyl halides is 1. The lowest BCUT2D eigenvalue weighted by Gasteiger charge is -2.03. The molecule has 0 aromatic carbocycles. The second kappa shape index (κ2) is 7.77. The van der Waals surface area contributed by atoms with Gasteiger partial charge in [0.15, 0.2) is 0 Å². The molecule has 1 heterocycles. The summed E-state index contributed by atoms with van der Waals surface area (Å²) in [6.07, 6.45) is 7.19. The molecule has 0 saturated carbocycles. The summed E-state index contributed by atoms with van der Waals surface area (Å²) in [6.45, 7) is 2.00. The van der Waals surface area contributed by atoms with Gasteiger partial charge in [-0.3, -0.25) is 4.98 Å². The summed E-state index contributed by atoms with van der Waals surface area (Å²) in [5.41, 5.74) is 1.29. The number of aromatic nitrogens is 1. The lowest BCUT2D eigenvalue weighted by atomic mass is 10.2. The van der Waals surface area contributed by atoms with E-state index >= 15 is 0 Å². The van der Waals surface area contributed by atoms with Crippen molar-refractivity contribution in [2.45, 2.75) is 25.8 Å². The number of nitrogens with one attached hydrogen (secondary N) is 1. The maximum Gasteiger partial charge on any atom is 0.0271 e. The van der Waals surface area contributed by atoms with E-state index in [9.17, 15) is 0 Å². The SMILES string of the molecule is ClCCCCCNCc1ccncc1. The average Bonchev–Trinajstić information content (AvgIpc) is 2.25. The number of pyridine rings is 1. The zero-order chi connectivity index (χ0) is 10.1. The molecule has 0 spiro atoms. The Morgan fingerprint density at radius 2 is 1.93 bits per heavy atom. The van der Waals surface area contributed by atoms with Gasteiger partial charge in [-0.25, -0.2) is 0 Å². The highest BCUT2D eigenvalue weighted by Gasteiger charge is 1.91. The number of halogens is 1. The zero-order valence-corrected chi connectivity index (χ0v) is 9.13. The molecule has 2 nitrogen and oxygen atoms in total. The molecule has 0 unspecified atom stereocenters. The average molecular weight is 213 g/mol. The third-order valence-electron chi connectivity index (χ3n) is 2.07. The summed E-state index contributed by atoms with van der Waals surface area (Å²) in [6, 6.07) is 4.07. The third kappa shape index (κ3) is 5.20. The van der Waals surface area contributed by atoms with E-state index in [2.05, 4.69) is 10.3 Å². The van der Waals surface area contributed by atoms with Gasteiger partial charge in [0.25, 0.3) is 0 Å². The van der Waals surface area contributed by atoms with Crippen LogP contribution in [0.3, 0.4) is 0 Å². The van der Waals surface area contributed by atoms with E-state index in [4.69, 9.17) is 11.6 Å². The molecule has 1 rings (SSSR count). The monoisotopic (exact) mass is 212 g/mol. The van der Waals surface area contributed by atoms with E-state index in [0.717, 1.165) is 25.4 Å². The van der Waals surface area contributed by atoms with Crippen molar-refractivity contribution in [3.05, 3.63) is 30.1 Å². The Balaban J connectivity index is 1.99. The fourth-order valence-corrected chi connectivity index (χ4v) is 1.44. The van der Waals surface area contributed by atoms with Crippen molar-refractivity contribution in [2.24, 2.45) is 0 Å². The van der Waals surface area contributed by atoms with E-state index in [1.54, 1.807) is 0 Å². The van der Waals surface area contributed by atoms with Crippen LogP contribution in [0.5, 0.6) is 0 Å². The van der Waals surface area contributed by atoms with Crippen molar-refractivity contribution < 1.29 is 0 Å². The zero-order valence-electron chi connectivity index (χ0n) is 8.38. The molecule has 1 aromatic heterocycles. The summed E-state index contributed by atoms with van der Waals surface area (Å²) in [4.78, 5) is 3.97. The standard InChI is InChI=1S/C11H17ClN2/c12-6-2-1-3-7-14-10-11-4-8-13-9-5-11/h4-5,8-9,14H,1-3,6-7,10H2. The van der Waals surface area contributed by atoms with Gasteiger partial charge >= 0.3 is 0 Å². The normalized spacial score (nSPS) is 10.4. The highest BCUT2D eigenvalue weighted by molar-refractivity contribution is 6.17. The Bertz CT molecular complexity index is 226. The highest BCUT2D eigenvalue weighted by Crippen LogP contribution is 1.97. The Morgan fingerprint density at radius 3 is 2.64 bits per heavy atom. The minimum Gasteiger partial charge on any atom is -0.313 e. The van der Waals surface area contributed by atoms with Gasteiger partial charge in [-0.15, -0.1) is 11.6 Å². The molecule has 0 atom stereocenters. The van der Waals surface area contributed by atoms with Gasteiger partial charge in [-0.05, 0) is 37.1 Å². The van der Waals surface area contributed by atoms with Crippen LogP contribution in [0.4, 0.5) is 0 Å². The van der Waals surface area contributed by atoms with Gasteiger partial charge in [0.2, 0.25) is 0 Å². The van der Waals surface area contributed by atoms with Gasteiger partial charge in [-0.1, -0.05) is 6.42 Å². The van der Waals surface area contributed by atoms with E-state index in [1.807, 2.05) is 24.5 Å². The van der Waals surface area contributed by atoms with Crippen LogP contribution in [0.1, 0.15) is 24.8 Å². The first-order chi connectivity index (χ1) is 6.93. The molecule has 78 valence electrons. The fraction of sp³-hybridized carbons (Fsp3) is 0.545. The Labute approximate surface area is 90.7 Å². The number of hydrogen-bond acceptors (Lipinski definition) is 2. The molecule has 0 aliphatic heterocycles. The third-order valence-corrected chi connectivity index (χ3v) is 2.33. The summed E-state index contributed by atoms with van der Waals surface area (Å²) in [5.74, 6) is 0.782. The molecule has 0 saturated heterocycles. The Hall–Kier alpha value is -0.600. The lowest BCUT2D eigenvalue weighted by molar-refractivity contribution is 0.618. The minimum atomic E-state index is 0.782. The van der Waals surface area contributed by atoms with Crippen molar-refractivity contribution in [3.63, 3.8) is 0 Å². The Kier molecular flexibility index (Phi) is 6.37. The quantitative estimate of drug-likeness (QED) is 0.555. The molecule has 1 aromatic rings. The molecule has 14 heavy (non-hydrogen) atoms. The van der Waals surface area contributed by atoms with Crippen molar-refractivity contribution in [1.82, 2.24) is 10.3 Å². The molecular formula is C11H17ClN2. The summed E-state index contributed by atoms with van der Waals surface area (Å²) < 4.78 is 0. The van der Waals surface area contributed by atoms with E-state index < -0.39 is 0 Å². The van der Waals surface area contributed by atoms with Crippen molar-refractivity contribution >= 4 is 11.6 Å². The largest absolute Gasteiger partial charge is 0.313 e. The first-order valence-corrected chi connectivity index (χ1v) is 5.62. The van der Waals surface area contributed by atoms with Gasteiger partial charge in [0.05, 0.1) is 0 Å². The smallest absolute Gasteiger partial charge is 0.0271 e. The van der Waals surface area contributed by atoms with Gasteiger partial charge in [0, 0.05) is 24.8 Å². The van der Waals surface area contributed by atoms with Crippen LogP contribution in [0.25, 0.3) is 0 Å². The Morgan fingerprint density at radius 1 is 1.14 bits per heavy atom. The van der Waals surface area contributed by atoms with E-state index in [1.165, 1.54) is 18.4 Å². The van der Waals surface area contributed by atoms with Gasteiger partial charge < -0.3 is 5.32 Å². The minimum absolute atomic E-state index is 0.782. The maximum atomic E-state index is 5.58. The highest BCUT2D eigenvalue weighted by atomic mass is 35.5. The second-order valence-corrected chi connectivity index (χ2v) is 3.66. The topological polar surface area (TPSA) is 24.9 Å². The molecule has 0 amide bonds. The van der Waals surface area contributed by atoms with Crippen LogP contribution >= 0.6 is 11.6 Å². The molecule has 1 N–H and O–H groups in total. The first-order valence-electron chi connectivity index (χ1n) is 5.09. The van der Waals surface area contributed by atoms with Crippen molar-refractivity contribution in [2.75, 3.05) is 12.4 Å². The first kappa shape index (κ1) is 11.5. The molecule has 3 heteroatoms. The summed E-state index contributed by atoms with van der Waals surface area (Å²) in [7, 11) is 0. The molecular weight excluding hydrogens is 196 g/mol. The van der Waals surface area contributed by atoms with Crippen LogP contribution in [0, 0.1) is 0 Å². The fourth-order valence-electron chi connectivity index (χ4n) is 1.25. The molecule has 0 radical (unpaired) electrons. The van der Waals surface area contributed by atoms with Crippen LogP contribution in [-0.4, -0.2) is 17.4 Å². The van der Waals surface area contributed by atoms with E-state index in [0.29, 0.717) is 0 Å². The lowest BCUT2D eigenvalue weighted by Crippen LogP contribution is -2.14. The number of nitrogens with zero attached hydrogens (tertiary/aromatic N) is 1. The van der Waals surface area contributed by atoms with Crippen LogP contribution in [0.15, 0.2) is 24.5 Å². The van der Waals surface area contributed by atoms with Crippen molar-refractivity contribution in [3.8, 4) is 0 Å².